The molecular formula is C12H20N2. The maximum absolute atomic E-state index is 5.65. The Kier molecular flexibility index (Phi) is 4.11. The summed E-state index contributed by atoms with van der Waals surface area (Å²) in [6.07, 6.45) is 0. The molecule has 1 aromatic rings. The lowest BCUT2D eigenvalue weighted by Crippen LogP contribution is -2.24. The number of hydrogen-bond acceptors (Lipinski definition) is 2. The van der Waals surface area contributed by atoms with Crippen LogP contribution in [0.15, 0.2) is 24.3 Å². The largest absolute Gasteiger partial charge is 0.329 e. The number of likely N-dealkylation sites (N-methyl/N-ethyl adjacent to an activating group) is 1. The average Bonchev–Trinajstić information content (AvgIpc) is 2.20. The summed E-state index contributed by atoms with van der Waals surface area (Å²) < 4.78 is 0. The van der Waals surface area contributed by atoms with Gasteiger partial charge in [-0.15, -0.1) is 0 Å². The summed E-state index contributed by atoms with van der Waals surface area (Å²) in [5.41, 5.74) is 8.29. The van der Waals surface area contributed by atoms with Gasteiger partial charge in [0.05, 0.1) is 0 Å². The van der Waals surface area contributed by atoms with E-state index in [1.165, 1.54) is 11.1 Å². The van der Waals surface area contributed by atoms with Crippen LogP contribution in [-0.4, -0.2) is 13.6 Å². The van der Waals surface area contributed by atoms with Gasteiger partial charge in [0.2, 0.25) is 0 Å². The Labute approximate surface area is 86.5 Å². The third kappa shape index (κ3) is 2.56. The smallest absolute Gasteiger partial charge is 0.0442 e. The second-order valence-electron chi connectivity index (χ2n) is 3.90. The molecule has 0 amide bonds. The fourth-order valence-corrected chi connectivity index (χ4v) is 1.53. The summed E-state index contributed by atoms with van der Waals surface area (Å²) in [5.74, 6) is 0.593. The fraction of sp³-hybridized carbons (Fsp3) is 0.500. The van der Waals surface area contributed by atoms with Crippen molar-refractivity contribution in [3.8, 4) is 0 Å². The maximum Gasteiger partial charge on any atom is 0.0442 e. The van der Waals surface area contributed by atoms with Crippen molar-refractivity contribution in [1.29, 1.82) is 0 Å². The lowest BCUT2D eigenvalue weighted by Gasteiger charge is -2.15. The van der Waals surface area contributed by atoms with Gasteiger partial charge < -0.3 is 11.1 Å². The highest BCUT2D eigenvalue weighted by Crippen LogP contribution is 2.17. The second kappa shape index (κ2) is 5.13. The first-order chi connectivity index (χ1) is 6.69. The molecule has 0 heterocycles. The van der Waals surface area contributed by atoms with Gasteiger partial charge in [0.1, 0.15) is 0 Å². The van der Waals surface area contributed by atoms with Crippen molar-refractivity contribution < 1.29 is 0 Å². The molecule has 0 saturated heterocycles. The van der Waals surface area contributed by atoms with Crippen LogP contribution in [0.1, 0.15) is 36.9 Å². The fourth-order valence-electron chi connectivity index (χ4n) is 1.53. The number of benzene rings is 1. The molecule has 2 nitrogen and oxygen atoms in total. The van der Waals surface area contributed by atoms with E-state index in [4.69, 9.17) is 5.73 Å². The topological polar surface area (TPSA) is 38.0 Å². The summed E-state index contributed by atoms with van der Waals surface area (Å²) in [5, 5.41) is 3.19. The molecule has 0 aliphatic carbocycles. The molecule has 1 aromatic carbocycles. The van der Waals surface area contributed by atoms with Gasteiger partial charge in [0.25, 0.3) is 0 Å². The quantitative estimate of drug-likeness (QED) is 0.766. The van der Waals surface area contributed by atoms with Crippen LogP contribution in [0.3, 0.4) is 0 Å². The van der Waals surface area contributed by atoms with Crippen LogP contribution in [0.2, 0.25) is 0 Å². The summed E-state index contributed by atoms with van der Waals surface area (Å²) in [4.78, 5) is 0. The van der Waals surface area contributed by atoms with E-state index in [-0.39, 0.29) is 6.04 Å². The average molecular weight is 192 g/mol. The number of hydrogen-bond donors (Lipinski definition) is 2. The van der Waals surface area contributed by atoms with E-state index in [0.29, 0.717) is 12.5 Å². The van der Waals surface area contributed by atoms with Crippen molar-refractivity contribution in [1.82, 2.24) is 5.32 Å². The van der Waals surface area contributed by atoms with Gasteiger partial charge in [0, 0.05) is 12.6 Å². The van der Waals surface area contributed by atoms with Crippen molar-refractivity contribution in [2.45, 2.75) is 25.8 Å². The van der Waals surface area contributed by atoms with E-state index >= 15 is 0 Å². The molecule has 0 aromatic heterocycles. The van der Waals surface area contributed by atoms with E-state index in [1.807, 2.05) is 7.05 Å². The summed E-state index contributed by atoms with van der Waals surface area (Å²) in [6, 6.07) is 8.95. The Morgan fingerprint density at radius 1 is 1.14 bits per heavy atom. The van der Waals surface area contributed by atoms with Gasteiger partial charge in [-0.25, -0.2) is 0 Å². The Balaban J connectivity index is 2.81. The van der Waals surface area contributed by atoms with Crippen molar-refractivity contribution >= 4 is 0 Å². The molecule has 1 atom stereocenters. The summed E-state index contributed by atoms with van der Waals surface area (Å²) >= 11 is 0. The van der Waals surface area contributed by atoms with E-state index < -0.39 is 0 Å². The monoisotopic (exact) mass is 192 g/mol. The highest BCUT2D eigenvalue weighted by molar-refractivity contribution is 5.26. The van der Waals surface area contributed by atoms with Crippen LogP contribution in [0.4, 0.5) is 0 Å². The highest BCUT2D eigenvalue weighted by atomic mass is 14.9. The summed E-state index contributed by atoms with van der Waals surface area (Å²) in [6.45, 7) is 5.04. The molecule has 1 rings (SSSR count). The third-order valence-corrected chi connectivity index (χ3v) is 2.59. The highest BCUT2D eigenvalue weighted by Gasteiger charge is 2.06. The molecule has 0 bridgehead atoms. The first-order valence-electron chi connectivity index (χ1n) is 5.16. The molecule has 0 aliphatic heterocycles. The van der Waals surface area contributed by atoms with Crippen LogP contribution >= 0.6 is 0 Å². The molecule has 0 aliphatic rings. The number of nitrogens with two attached hydrogens (primary N) is 1. The van der Waals surface area contributed by atoms with Crippen molar-refractivity contribution in [3.05, 3.63) is 35.4 Å². The molecule has 0 fully saturated rings. The Morgan fingerprint density at radius 2 is 1.64 bits per heavy atom. The van der Waals surface area contributed by atoms with Gasteiger partial charge in [-0.2, -0.15) is 0 Å². The van der Waals surface area contributed by atoms with E-state index in [0.717, 1.165) is 0 Å². The molecule has 0 spiro atoms. The second-order valence-corrected chi connectivity index (χ2v) is 3.90. The first-order valence-corrected chi connectivity index (χ1v) is 5.16. The van der Waals surface area contributed by atoms with E-state index in [1.54, 1.807) is 0 Å². The molecule has 0 saturated carbocycles. The van der Waals surface area contributed by atoms with Crippen LogP contribution in [0.25, 0.3) is 0 Å². The van der Waals surface area contributed by atoms with Crippen molar-refractivity contribution in [2.75, 3.05) is 13.6 Å². The zero-order valence-electron chi connectivity index (χ0n) is 9.25. The molecular weight excluding hydrogens is 172 g/mol. The predicted octanol–water partition coefficient (Wildman–Crippen LogP) is 2.03. The molecule has 2 heteroatoms. The van der Waals surface area contributed by atoms with Crippen LogP contribution in [0.5, 0.6) is 0 Å². The normalized spacial score (nSPS) is 13.2. The zero-order valence-corrected chi connectivity index (χ0v) is 9.25. The van der Waals surface area contributed by atoms with Crippen molar-refractivity contribution in [3.63, 3.8) is 0 Å². The summed E-state index contributed by atoms with van der Waals surface area (Å²) in [7, 11) is 1.94. The SMILES string of the molecule is CNC(CN)c1ccc(C(C)C)cc1. The van der Waals surface area contributed by atoms with Crippen molar-refractivity contribution in [2.24, 2.45) is 5.73 Å². The minimum Gasteiger partial charge on any atom is -0.329 e. The third-order valence-electron chi connectivity index (χ3n) is 2.59. The zero-order chi connectivity index (χ0) is 10.6. The molecule has 0 radical (unpaired) electrons. The van der Waals surface area contributed by atoms with Gasteiger partial charge >= 0.3 is 0 Å². The van der Waals surface area contributed by atoms with Gasteiger partial charge in [-0.3, -0.25) is 0 Å². The standard InChI is InChI=1S/C12H20N2/c1-9(2)10-4-6-11(7-5-10)12(8-13)14-3/h4-7,9,12,14H,8,13H2,1-3H3. The van der Waals surface area contributed by atoms with E-state index in [2.05, 4.69) is 43.4 Å². The minimum absolute atomic E-state index is 0.274. The Hall–Kier alpha value is -0.860. The predicted molar refractivity (Wildman–Crippen MR) is 61.4 cm³/mol. The molecule has 14 heavy (non-hydrogen) atoms. The first kappa shape index (κ1) is 11.2. The minimum atomic E-state index is 0.274. The maximum atomic E-state index is 5.65. The lowest BCUT2D eigenvalue weighted by molar-refractivity contribution is 0.605. The molecule has 3 N–H and O–H groups in total. The number of rotatable bonds is 4. The van der Waals surface area contributed by atoms with E-state index in [9.17, 15) is 0 Å². The molecule has 78 valence electrons. The molecule has 1 unspecified atom stereocenters. The lowest BCUT2D eigenvalue weighted by atomic mass is 9.99. The Morgan fingerprint density at radius 3 is 2.00 bits per heavy atom. The van der Waals surface area contributed by atoms with Crippen LogP contribution in [-0.2, 0) is 0 Å². The van der Waals surface area contributed by atoms with Gasteiger partial charge in [0.15, 0.2) is 0 Å². The van der Waals surface area contributed by atoms with Crippen LogP contribution in [0, 0.1) is 0 Å². The van der Waals surface area contributed by atoms with Crippen LogP contribution < -0.4 is 11.1 Å². The number of nitrogens with one attached hydrogen (secondary N) is 1. The Bertz CT molecular complexity index is 260. The van der Waals surface area contributed by atoms with Gasteiger partial charge in [-0.05, 0) is 24.1 Å². The van der Waals surface area contributed by atoms with Gasteiger partial charge in [-0.1, -0.05) is 38.1 Å².